The number of aryl methyl sites for hydroxylation is 1. The van der Waals surface area contributed by atoms with Crippen molar-refractivity contribution >= 4 is 41.5 Å². The van der Waals surface area contributed by atoms with E-state index in [1.54, 1.807) is 22.8 Å². The monoisotopic (exact) mass is 496 g/mol. The van der Waals surface area contributed by atoms with Crippen molar-refractivity contribution in [2.75, 3.05) is 38.1 Å². The van der Waals surface area contributed by atoms with Gasteiger partial charge in [0, 0.05) is 45.3 Å². The lowest BCUT2D eigenvalue weighted by molar-refractivity contribution is -0.120. The van der Waals surface area contributed by atoms with Gasteiger partial charge < -0.3 is 15.1 Å². The van der Waals surface area contributed by atoms with Gasteiger partial charge in [-0.25, -0.2) is 0 Å². The number of carbonyl (C=O) groups excluding carboxylic acids is 1. The van der Waals surface area contributed by atoms with Crippen LogP contribution in [-0.4, -0.2) is 59.8 Å². The van der Waals surface area contributed by atoms with Gasteiger partial charge >= 0.3 is 0 Å². The van der Waals surface area contributed by atoms with Gasteiger partial charge in [-0.2, -0.15) is 5.10 Å². The molecule has 1 aliphatic rings. The quantitative estimate of drug-likeness (QED) is 0.401. The molecule has 0 atom stereocenters. The maximum Gasteiger partial charge on any atom is 0.246 e. The molecule has 152 valence electrons. The summed E-state index contributed by atoms with van der Waals surface area (Å²) >= 11 is 0. The van der Waals surface area contributed by atoms with Crippen LogP contribution in [0.15, 0.2) is 47.7 Å². The molecule has 0 radical (unpaired) electrons. The summed E-state index contributed by atoms with van der Waals surface area (Å²) < 4.78 is 1.71. The van der Waals surface area contributed by atoms with Gasteiger partial charge in [0.1, 0.15) is 6.54 Å². The first kappa shape index (κ1) is 22.2. The van der Waals surface area contributed by atoms with Gasteiger partial charge in [-0.3, -0.25) is 14.5 Å². The number of aliphatic imine (C=N–C) groups is 1. The Morgan fingerprint density at radius 2 is 1.96 bits per heavy atom. The first-order chi connectivity index (χ1) is 12.9. The molecule has 0 saturated carbocycles. The number of hydrogen-bond donors (Lipinski definition) is 1. The number of piperazine rings is 1. The number of benzene rings is 1. The molecule has 0 spiro atoms. The van der Waals surface area contributed by atoms with Gasteiger partial charge in [0.15, 0.2) is 5.96 Å². The normalized spacial score (nSPS) is 15.4. The molecule has 1 saturated heterocycles. The van der Waals surface area contributed by atoms with Crippen LogP contribution < -0.4 is 10.2 Å². The zero-order chi connectivity index (χ0) is 19.4. The van der Waals surface area contributed by atoms with Crippen molar-refractivity contribution in [3.63, 3.8) is 0 Å². The van der Waals surface area contributed by atoms with Crippen molar-refractivity contribution < 1.29 is 4.79 Å². The summed E-state index contributed by atoms with van der Waals surface area (Å²) in [6.07, 6.45) is 3.59. The molecule has 2 heterocycles. The van der Waals surface area contributed by atoms with Gasteiger partial charge in [0.2, 0.25) is 5.91 Å². The highest BCUT2D eigenvalue weighted by Gasteiger charge is 2.28. The van der Waals surface area contributed by atoms with Crippen molar-refractivity contribution in [1.82, 2.24) is 20.0 Å². The van der Waals surface area contributed by atoms with Gasteiger partial charge in [-0.15, -0.1) is 24.0 Å². The Morgan fingerprint density at radius 1 is 1.25 bits per heavy atom. The number of amides is 1. The van der Waals surface area contributed by atoms with Gasteiger partial charge in [0.25, 0.3) is 0 Å². The molecule has 1 aromatic carbocycles. The first-order valence-electron chi connectivity index (χ1n) is 9.21. The second kappa shape index (κ2) is 9.40. The minimum absolute atomic E-state index is 0. The van der Waals surface area contributed by atoms with E-state index >= 15 is 0 Å². The summed E-state index contributed by atoms with van der Waals surface area (Å²) in [6, 6.07) is 10.4. The molecule has 28 heavy (non-hydrogen) atoms. The molecular formula is C20H29IN6O. The molecule has 3 rings (SSSR count). The van der Waals surface area contributed by atoms with Crippen LogP contribution >= 0.6 is 24.0 Å². The molecular weight excluding hydrogens is 467 g/mol. The van der Waals surface area contributed by atoms with Crippen LogP contribution in [0.4, 0.5) is 5.69 Å². The Labute approximate surface area is 183 Å². The van der Waals surface area contributed by atoms with Crippen molar-refractivity contribution in [3.05, 3.63) is 48.3 Å². The Morgan fingerprint density at radius 3 is 2.54 bits per heavy atom. The summed E-state index contributed by atoms with van der Waals surface area (Å²) in [5.41, 5.74) is 2.07. The van der Waals surface area contributed by atoms with E-state index in [2.05, 4.69) is 53.5 Å². The maximum atomic E-state index is 12.6. The maximum absolute atomic E-state index is 12.6. The third-order valence-corrected chi connectivity index (χ3v) is 4.98. The van der Waals surface area contributed by atoms with Crippen molar-refractivity contribution in [3.8, 4) is 0 Å². The van der Waals surface area contributed by atoms with Gasteiger partial charge in [0.05, 0.1) is 11.9 Å². The first-order valence-corrected chi connectivity index (χ1v) is 9.21. The number of halogens is 1. The predicted molar refractivity (Wildman–Crippen MR) is 123 cm³/mol. The smallest absolute Gasteiger partial charge is 0.246 e. The van der Waals surface area contributed by atoms with E-state index in [0.29, 0.717) is 13.1 Å². The van der Waals surface area contributed by atoms with Crippen LogP contribution in [0.25, 0.3) is 0 Å². The Balaban J connectivity index is 0.00000280. The highest BCUT2D eigenvalue weighted by Crippen LogP contribution is 2.22. The summed E-state index contributed by atoms with van der Waals surface area (Å²) in [7, 11) is 3.61. The van der Waals surface area contributed by atoms with E-state index in [-0.39, 0.29) is 35.3 Å². The van der Waals surface area contributed by atoms with E-state index in [1.165, 1.54) is 5.56 Å². The average Bonchev–Trinajstić information content (AvgIpc) is 3.09. The number of carbonyl (C=O) groups is 1. The number of nitrogens with one attached hydrogen (secondary N) is 1. The van der Waals surface area contributed by atoms with Crippen molar-refractivity contribution in [2.45, 2.75) is 19.3 Å². The van der Waals surface area contributed by atoms with Gasteiger partial charge in [-0.05, 0) is 5.56 Å². The standard InChI is InChI=1S/C20H28N6O.HI/c1-20(2,16-8-6-5-7-9-16)15-22-19(21-3)25-10-11-26(18(27)14-25)17-12-23-24(4)13-17;/h5-9,12-13H,10-11,14-15H2,1-4H3,(H,21,22);1H. The Bertz CT molecular complexity index is 817. The molecule has 0 bridgehead atoms. The third-order valence-electron chi connectivity index (χ3n) is 4.98. The summed E-state index contributed by atoms with van der Waals surface area (Å²) in [6.45, 7) is 6.79. The van der Waals surface area contributed by atoms with Crippen LogP contribution in [0.5, 0.6) is 0 Å². The molecule has 0 aliphatic carbocycles. The minimum atomic E-state index is -0.0429. The summed E-state index contributed by atoms with van der Waals surface area (Å²) in [5.74, 6) is 0.817. The zero-order valence-electron chi connectivity index (χ0n) is 16.9. The largest absolute Gasteiger partial charge is 0.355 e. The Kier molecular flexibility index (Phi) is 7.45. The number of guanidine groups is 1. The van der Waals surface area contributed by atoms with Crippen molar-refractivity contribution in [1.29, 1.82) is 0 Å². The number of rotatable bonds is 4. The van der Waals surface area contributed by atoms with Crippen LogP contribution in [0.1, 0.15) is 19.4 Å². The number of hydrogen-bond acceptors (Lipinski definition) is 3. The van der Waals surface area contributed by atoms with E-state index < -0.39 is 0 Å². The fraction of sp³-hybridized carbons (Fsp3) is 0.450. The zero-order valence-corrected chi connectivity index (χ0v) is 19.3. The third kappa shape index (κ3) is 5.03. The highest BCUT2D eigenvalue weighted by atomic mass is 127. The SMILES string of the molecule is CN=C(NCC(C)(C)c1ccccc1)N1CCN(c2cnn(C)c2)C(=O)C1.I. The predicted octanol–water partition coefficient (Wildman–Crippen LogP) is 2.24. The lowest BCUT2D eigenvalue weighted by Crippen LogP contribution is -2.56. The van der Waals surface area contributed by atoms with E-state index in [0.717, 1.165) is 24.7 Å². The molecule has 1 N–H and O–H groups in total. The van der Waals surface area contributed by atoms with E-state index in [9.17, 15) is 4.79 Å². The van der Waals surface area contributed by atoms with Crippen LogP contribution in [-0.2, 0) is 17.3 Å². The van der Waals surface area contributed by atoms with Crippen LogP contribution in [0.3, 0.4) is 0 Å². The molecule has 2 aromatic rings. The number of nitrogens with zero attached hydrogens (tertiary/aromatic N) is 5. The fourth-order valence-electron chi connectivity index (χ4n) is 3.30. The molecule has 1 amide bonds. The molecule has 7 nitrogen and oxygen atoms in total. The molecule has 0 unspecified atom stereocenters. The second-order valence-electron chi connectivity index (χ2n) is 7.49. The lowest BCUT2D eigenvalue weighted by Gasteiger charge is -2.36. The fourth-order valence-corrected chi connectivity index (χ4v) is 3.30. The number of anilines is 1. The second-order valence-corrected chi connectivity index (χ2v) is 7.49. The topological polar surface area (TPSA) is 65.8 Å². The van der Waals surface area contributed by atoms with Gasteiger partial charge in [-0.1, -0.05) is 44.2 Å². The highest BCUT2D eigenvalue weighted by molar-refractivity contribution is 14.0. The lowest BCUT2D eigenvalue weighted by atomic mass is 9.85. The van der Waals surface area contributed by atoms with Crippen LogP contribution in [0.2, 0.25) is 0 Å². The average molecular weight is 496 g/mol. The van der Waals surface area contributed by atoms with Crippen LogP contribution in [0, 0.1) is 0 Å². The Hall–Kier alpha value is -2.10. The molecule has 8 heteroatoms. The molecule has 1 aromatic heterocycles. The molecule has 1 fully saturated rings. The van der Waals surface area contributed by atoms with Crippen molar-refractivity contribution in [2.24, 2.45) is 12.0 Å². The summed E-state index contributed by atoms with van der Waals surface area (Å²) in [4.78, 5) is 20.8. The molecule has 1 aliphatic heterocycles. The number of aromatic nitrogens is 2. The van der Waals surface area contributed by atoms with E-state index in [4.69, 9.17) is 0 Å². The summed E-state index contributed by atoms with van der Waals surface area (Å²) in [5, 5.41) is 7.60. The van der Waals surface area contributed by atoms with E-state index in [1.807, 2.05) is 24.2 Å². The minimum Gasteiger partial charge on any atom is -0.355 e.